The Hall–Kier alpha value is -1.68. The fourth-order valence-electron chi connectivity index (χ4n) is 6.46. The van der Waals surface area contributed by atoms with Crippen LogP contribution in [0.25, 0.3) is 0 Å². The highest BCUT2D eigenvalue weighted by molar-refractivity contribution is 8.03. The Morgan fingerprint density at radius 3 is 1.48 bits per heavy atom. The van der Waals surface area contributed by atoms with E-state index in [0.29, 0.717) is 10.5 Å². The lowest BCUT2D eigenvalue weighted by Gasteiger charge is -2.35. The third-order valence-electron chi connectivity index (χ3n) is 7.75. The van der Waals surface area contributed by atoms with Gasteiger partial charge in [0.05, 0.1) is 10.5 Å². The standard InChI is InChI=1S/C28H28S2Si/c1-15-11-21-17(3)19-7-9-29-25(19)13-23(21)27(15)31(5,6)28-16(2)12-22-18(4)20-8-10-30-26(20)14-24(22)28/h7-14,25-26H,1-6H3. The molecule has 6 rings (SSSR count). The molecule has 2 aliphatic heterocycles. The molecule has 0 N–H and O–H groups in total. The summed E-state index contributed by atoms with van der Waals surface area (Å²) in [5, 5.41) is 8.84. The van der Waals surface area contributed by atoms with Crippen LogP contribution in [0.15, 0.2) is 113 Å². The minimum absolute atomic E-state index is 0.493. The largest absolute Gasteiger partial charge is 0.122 e. The van der Waals surface area contributed by atoms with Gasteiger partial charge in [-0.1, -0.05) is 60.7 Å². The van der Waals surface area contributed by atoms with E-state index in [4.69, 9.17) is 0 Å². The minimum atomic E-state index is -1.91. The molecule has 0 saturated carbocycles. The van der Waals surface area contributed by atoms with Crippen LogP contribution in [-0.2, 0) is 0 Å². The molecular weight excluding hydrogens is 429 g/mol. The van der Waals surface area contributed by atoms with Crippen LogP contribution < -0.4 is 0 Å². The molecule has 0 aromatic rings. The van der Waals surface area contributed by atoms with Gasteiger partial charge in [0.1, 0.15) is 8.07 Å². The minimum Gasteiger partial charge on any atom is -0.122 e. The molecule has 0 spiro atoms. The average Bonchev–Trinajstić information content (AvgIpc) is 3.46. The van der Waals surface area contributed by atoms with Gasteiger partial charge in [0.25, 0.3) is 0 Å². The quantitative estimate of drug-likeness (QED) is 0.385. The zero-order chi connectivity index (χ0) is 21.7. The molecule has 0 amide bonds. The summed E-state index contributed by atoms with van der Waals surface area (Å²) in [6.07, 6.45) is 14.7. The van der Waals surface area contributed by atoms with Gasteiger partial charge in [0.15, 0.2) is 0 Å². The van der Waals surface area contributed by atoms with Crippen LogP contribution in [-0.4, -0.2) is 18.6 Å². The second-order valence-corrected chi connectivity index (χ2v) is 16.3. The van der Waals surface area contributed by atoms with Crippen molar-refractivity contribution in [2.45, 2.75) is 51.3 Å². The van der Waals surface area contributed by atoms with Gasteiger partial charge in [-0.05, 0) is 93.5 Å². The van der Waals surface area contributed by atoms with Gasteiger partial charge in [0, 0.05) is 0 Å². The lowest BCUT2D eigenvalue weighted by molar-refractivity contribution is 1.17. The summed E-state index contributed by atoms with van der Waals surface area (Å²) in [5.41, 5.74) is 15.0. The lowest BCUT2D eigenvalue weighted by Crippen LogP contribution is -2.36. The Balaban J connectivity index is 1.45. The van der Waals surface area contributed by atoms with Crippen LogP contribution in [0.5, 0.6) is 0 Å². The van der Waals surface area contributed by atoms with Crippen molar-refractivity contribution in [3.63, 3.8) is 0 Å². The van der Waals surface area contributed by atoms with Gasteiger partial charge in [-0.2, -0.15) is 0 Å². The van der Waals surface area contributed by atoms with E-state index in [1.165, 1.54) is 55.7 Å². The van der Waals surface area contributed by atoms with E-state index < -0.39 is 8.07 Å². The van der Waals surface area contributed by atoms with E-state index in [-0.39, 0.29) is 0 Å². The summed E-state index contributed by atoms with van der Waals surface area (Å²) in [5.74, 6) is 0. The summed E-state index contributed by atoms with van der Waals surface area (Å²) in [4.78, 5) is 0. The third kappa shape index (κ3) is 2.63. The summed E-state index contributed by atoms with van der Waals surface area (Å²) in [7, 11) is -1.91. The summed E-state index contributed by atoms with van der Waals surface area (Å²) >= 11 is 3.91. The third-order valence-corrected chi connectivity index (χ3v) is 13.5. The maximum atomic E-state index is 2.59. The predicted molar refractivity (Wildman–Crippen MR) is 142 cm³/mol. The molecule has 0 fully saturated rings. The van der Waals surface area contributed by atoms with E-state index in [1.807, 2.05) is 23.5 Å². The maximum Gasteiger partial charge on any atom is 0.114 e. The van der Waals surface area contributed by atoms with E-state index in [0.717, 1.165) is 0 Å². The molecule has 0 aromatic heterocycles. The number of fused-ring (bicyclic) bond motifs is 4. The van der Waals surface area contributed by atoms with Crippen LogP contribution in [0.2, 0.25) is 13.1 Å². The number of hydrogen-bond acceptors (Lipinski definition) is 2. The Bertz CT molecular complexity index is 1180. The van der Waals surface area contributed by atoms with Crippen molar-refractivity contribution >= 4 is 31.6 Å². The van der Waals surface area contributed by atoms with Crippen molar-refractivity contribution in [1.29, 1.82) is 0 Å². The van der Waals surface area contributed by atoms with Crippen LogP contribution in [0.4, 0.5) is 0 Å². The second kappa shape index (κ2) is 6.66. The zero-order valence-electron chi connectivity index (χ0n) is 19.1. The van der Waals surface area contributed by atoms with E-state index in [9.17, 15) is 0 Å². The van der Waals surface area contributed by atoms with Gasteiger partial charge in [-0.15, -0.1) is 23.5 Å². The molecule has 31 heavy (non-hydrogen) atoms. The van der Waals surface area contributed by atoms with Crippen LogP contribution in [0.3, 0.4) is 0 Å². The topological polar surface area (TPSA) is 0 Å². The SMILES string of the molecule is CC1=C([Si](C)(C)C2=C(C)C=C3C2=CC2SC=CC2=C3C)C2=CC3SC=CC3=C(C)C2=C1. The Morgan fingerprint density at radius 2 is 1.06 bits per heavy atom. The lowest BCUT2D eigenvalue weighted by atomic mass is 9.89. The first-order valence-electron chi connectivity index (χ1n) is 11.2. The van der Waals surface area contributed by atoms with Crippen molar-refractivity contribution in [2.24, 2.45) is 0 Å². The molecule has 0 nitrogen and oxygen atoms in total. The first kappa shape index (κ1) is 20.0. The number of rotatable bonds is 2. The highest BCUT2D eigenvalue weighted by atomic mass is 32.2. The van der Waals surface area contributed by atoms with Crippen molar-refractivity contribution < 1.29 is 0 Å². The highest BCUT2D eigenvalue weighted by Gasteiger charge is 2.44. The monoisotopic (exact) mass is 456 g/mol. The van der Waals surface area contributed by atoms with E-state index >= 15 is 0 Å². The first-order valence-corrected chi connectivity index (χ1v) is 16.0. The highest BCUT2D eigenvalue weighted by Crippen LogP contribution is 2.54. The average molecular weight is 457 g/mol. The predicted octanol–water partition coefficient (Wildman–Crippen LogP) is 8.06. The molecule has 2 heterocycles. The molecule has 2 unspecified atom stereocenters. The molecular formula is C28H28S2Si. The molecule has 3 heteroatoms. The Kier molecular flexibility index (Phi) is 4.29. The normalized spacial score (nSPS) is 28.7. The molecule has 0 radical (unpaired) electrons. The molecule has 6 aliphatic rings. The number of hydrogen-bond donors (Lipinski definition) is 0. The molecule has 2 atom stereocenters. The van der Waals surface area contributed by atoms with Crippen molar-refractivity contribution in [3.05, 3.63) is 113 Å². The smallest absolute Gasteiger partial charge is 0.114 e. The fraction of sp³-hybridized carbons (Fsp3) is 0.286. The molecule has 4 aliphatic carbocycles. The van der Waals surface area contributed by atoms with Gasteiger partial charge >= 0.3 is 0 Å². The summed E-state index contributed by atoms with van der Waals surface area (Å²) in [6.45, 7) is 14.5. The van der Waals surface area contributed by atoms with Gasteiger partial charge in [-0.25, -0.2) is 0 Å². The van der Waals surface area contributed by atoms with Gasteiger partial charge in [0.2, 0.25) is 0 Å². The zero-order valence-corrected chi connectivity index (χ0v) is 21.7. The van der Waals surface area contributed by atoms with Crippen LogP contribution in [0, 0.1) is 0 Å². The molecule has 0 aromatic carbocycles. The Morgan fingerprint density at radius 1 is 0.645 bits per heavy atom. The maximum absolute atomic E-state index is 2.59. The summed E-state index contributed by atoms with van der Waals surface area (Å²) < 4.78 is 0. The Labute approximate surface area is 195 Å². The first-order chi connectivity index (χ1) is 14.8. The molecule has 0 saturated heterocycles. The van der Waals surface area contributed by atoms with Gasteiger partial charge < -0.3 is 0 Å². The van der Waals surface area contributed by atoms with Crippen molar-refractivity contribution in [2.75, 3.05) is 0 Å². The fourth-order valence-corrected chi connectivity index (χ4v) is 12.6. The van der Waals surface area contributed by atoms with Crippen LogP contribution in [0.1, 0.15) is 27.7 Å². The summed E-state index contributed by atoms with van der Waals surface area (Å²) in [6, 6.07) is 0. The van der Waals surface area contributed by atoms with E-state index in [2.05, 4.69) is 88.1 Å². The molecule has 0 bridgehead atoms. The van der Waals surface area contributed by atoms with E-state index in [1.54, 1.807) is 10.4 Å². The number of thioether (sulfide) groups is 2. The second-order valence-electron chi connectivity index (χ2n) is 9.90. The number of allylic oxidation sites excluding steroid dienone is 14. The van der Waals surface area contributed by atoms with Crippen molar-refractivity contribution in [1.82, 2.24) is 0 Å². The van der Waals surface area contributed by atoms with Crippen LogP contribution >= 0.6 is 23.5 Å². The van der Waals surface area contributed by atoms with Gasteiger partial charge in [-0.3, -0.25) is 0 Å². The molecule has 156 valence electrons. The van der Waals surface area contributed by atoms with Crippen molar-refractivity contribution in [3.8, 4) is 0 Å².